The molecule has 156 valence electrons. The first kappa shape index (κ1) is 21.7. The zero-order valence-corrected chi connectivity index (χ0v) is 18.0. The first-order chi connectivity index (χ1) is 13.6. The van der Waals surface area contributed by atoms with Crippen LogP contribution in [0.3, 0.4) is 0 Å². The summed E-state index contributed by atoms with van der Waals surface area (Å²) in [7, 11) is -3.76. The van der Waals surface area contributed by atoms with Crippen molar-refractivity contribution in [1.29, 1.82) is 0 Å². The third kappa shape index (κ3) is 4.63. The highest BCUT2D eigenvalue weighted by atomic mass is 35.5. The molecule has 1 N–H and O–H groups in total. The van der Waals surface area contributed by atoms with Gasteiger partial charge in [-0.2, -0.15) is 4.31 Å². The predicted octanol–water partition coefficient (Wildman–Crippen LogP) is 3.89. The highest BCUT2D eigenvalue weighted by Gasteiger charge is 2.42. The lowest BCUT2D eigenvalue weighted by Gasteiger charge is -2.38. The Hall–Kier alpha value is -1.96. The molecule has 0 aliphatic carbocycles. The first-order valence-corrected chi connectivity index (χ1v) is 11.2. The Labute approximate surface area is 175 Å². The van der Waals surface area contributed by atoms with Gasteiger partial charge >= 0.3 is 0 Å². The topological polar surface area (TPSA) is 66.5 Å². The number of rotatable bonds is 5. The molecule has 1 fully saturated rings. The average Bonchev–Trinajstić information content (AvgIpc) is 2.69. The molecule has 0 radical (unpaired) electrons. The Morgan fingerprint density at radius 2 is 1.93 bits per heavy atom. The van der Waals surface area contributed by atoms with Crippen LogP contribution in [-0.2, 0) is 21.4 Å². The van der Waals surface area contributed by atoms with Gasteiger partial charge in [0.2, 0.25) is 15.9 Å². The van der Waals surface area contributed by atoms with Crippen molar-refractivity contribution in [2.24, 2.45) is 5.41 Å². The van der Waals surface area contributed by atoms with Crippen LogP contribution in [0.2, 0.25) is 5.02 Å². The molecular formula is C21H24ClFN2O3S. The van der Waals surface area contributed by atoms with E-state index in [-0.39, 0.29) is 29.7 Å². The van der Waals surface area contributed by atoms with Crippen LogP contribution in [0, 0.1) is 18.2 Å². The van der Waals surface area contributed by atoms with Gasteiger partial charge in [-0.25, -0.2) is 12.8 Å². The molecular weight excluding hydrogens is 415 g/mol. The summed E-state index contributed by atoms with van der Waals surface area (Å²) in [6.45, 7) is 4.16. The summed E-state index contributed by atoms with van der Waals surface area (Å²) in [5.74, 6) is -0.555. The molecule has 1 heterocycles. The highest BCUT2D eigenvalue weighted by Crippen LogP contribution is 2.34. The van der Waals surface area contributed by atoms with Crippen molar-refractivity contribution in [1.82, 2.24) is 9.62 Å². The summed E-state index contributed by atoms with van der Waals surface area (Å²) >= 11 is 6.10. The number of piperidine rings is 1. The van der Waals surface area contributed by atoms with Gasteiger partial charge < -0.3 is 5.32 Å². The summed E-state index contributed by atoms with van der Waals surface area (Å²) in [5.41, 5.74) is 0.429. The van der Waals surface area contributed by atoms with Gasteiger partial charge in [0.15, 0.2) is 0 Å². The van der Waals surface area contributed by atoms with Crippen LogP contribution in [0.4, 0.5) is 4.39 Å². The number of sulfonamides is 1. The maximum atomic E-state index is 13.2. The average molecular weight is 439 g/mol. The quantitative estimate of drug-likeness (QED) is 0.770. The fourth-order valence-electron chi connectivity index (χ4n) is 3.59. The maximum absolute atomic E-state index is 13.2. The number of halogens is 2. The smallest absolute Gasteiger partial charge is 0.243 e. The molecule has 3 rings (SSSR count). The molecule has 2 aromatic carbocycles. The Balaban J connectivity index is 1.75. The monoisotopic (exact) mass is 438 g/mol. The Morgan fingerprint density at radius 3 is 2.62 bits per heavy atom. The van der Waals surface area contributed by atoms with Gasteiger partial charge in [0, 0.05) is 24.7 Å². The van der Waals surface area contributed by atoms with E-state index < -0.39 is 15.4 Å². The van der Waals surface area contributed by atoms with Crippen molar-refractivity contribution in [3.8, 4) is 0 Å². The van der Waals surface area contributed by atoms with Crippen LogP contribution in [0.15, 0.2) is 47.4 Å². The third-order valence-corrected chi connectivity index (χ3v) is 7.81. The van der Waals surface area contributed by atoms with Crippen LogP contribution in [0.1, 0.15) is 30.9 Å². The molecule has 5 nitrogen and oxygen atoms in total. The molecule has 8 heteroatoms. The summed E-state index contributed by atoms with van der Waals surface area (Å²) in [5, 5.41) is 3.25. The second kappa shape index (κ2) is 8.42. The van der Waals surface area contributed by atoms with E-state index in [0.717, 1.165) is 5.56 Å². The van der Waals surface area contributed by atoms with Crippen molar-refractivity contribution in [2.45, 2.75) is 38.1 Å². The fourth-order valence-corrected chi connectivity index (χ4v) is 5.67. The number of amides is 1. The lowest BCUT2D eigenvalue weighted by atomic mass is 9.82. The van der Waals surface area contributed by atoms with E-state index >= 15 is 0 Å². The van der Waals surface area contributed by atoms with Crippen molar-refractivity contribution in [2.75, 3.05) is 13.1 Å². The van der Waals surface area contributed by atoms with Gasteiger partial charge in [0.05, 0.1) is 10.3 Å². The van der Waals surface area contributed by atoms with E-state index in [0.29, 0.717) is 30.0 Å². The SMILES string of the molecule is Cc1c(Cl)cccc1S(=O)(=O)N1CCCC(C)(C(=O)NCc2ccc(F)cc2)C1. The molecule has 1 amide bonds. The van der Waals surface area contributed by atoms with E-state index in [1.54, 1.807) is 38.1 Å². The zero-order chi connectivity index (χ0) is 21.2. The number of hydrogen-bond acceptors (Lipinski definition) is 3. The molecule has 1 unspecified atom stereocenters. The Morgan fingerprint density at radius 1 is 1.24 bits per heavy atom. The fraction of sp³-hybridized carbons (Fsp3) is 0.381. The van der Waals surface area contributed by atoms with Crippen LogP contribution >= 0.6 is 11.6 Å². The minimum Gasteiger partial charge on any atom is -0.352 e. The number of benzene rings is 2. The van der Waals surface area contributed by atoms with Crippen LogP contribution in [0.5, 0.6) is 0 Å². The maximum Gasteiger partial charge on any atom is 0.243 e. The minimum atomic E-state index is -3.76. The number of carbonyl (C=O) groups is 1. The van der Waals surface area contributed by atoms with Gasteiger partial charge in [-0.3, -0.25) is 4.79 Å². The van der Waals surface area contributed by atoms with Gasteiger partial charge in [-0.05, 0) is 62.1 Å². The van der Waals surface area contributed by atoms with Crippen LogP contribution in [0.25, 0.3) is 0 Å². The molecule has 0 bridgehead atoms. The van der Waals surface area contributed by atoms with Gasteiger partial charge in [-0.1, -0.05) is 29.8 Å². The van der Waals surface area contributed by atoms with Crippen LogP contribution in [-0.4, -0.2) is 31.7 Å². The number of nitrogens with zero attached hydrogens (tertiary/aromatic N) is 1. The normalized spacial score (nSPS) is 20.4. The molecule has 29 heavy (non-hydrogen) atoms. The lowest BCUT2D eigenvalue weighted by Crippen LogP contribution is -2.51. The molecule has 0 aromatic heterocycles. The predicted molar refractivity (Wildman–Crippen MR) is 111 cm³/mol. The second-order valence-corrected chi connectivity index (χ2v) is 9.99. The largest absolute Gasteiger partial charge is 0.352 e. The summed E-state index contributed by atoms with van der Waals surface area (Å²) in [4.78, 5) is 13.0. The lowest BCUT2D eigenvalue weighted by molar-refractivity contribution is -0.132. The zero-order valence-electron chi connectivity index (χ0n) is 16.4. The van der Waals surface area contributed by atoms with E-state index in [1.807, 2.05) is 0 Å². The van der Waals surface area contributed by atoms with Crippen LogP contribution < -0.4 is 5.32 Å². The molecule has 1 aliphatic rings. The van der Waals surface area contributed by atoms with Gasteiger partial charge in [-0.15, -0.1) is 0 Å². The molecule has 1 atom stereocenters. The van der Waals surface area contributed by atoms with Gasteiger partial charge in [0.25, 0.3) is 0 Å². The minimum absolute atomic E-state index is 0.0938. The Kier molecular flexibility index (Phi) is 6.31. The van der Waals surface area contributed by atoms with E-state index in [4.69, 9.17) is 11.6 Å². The standard InChI is InChI=1S/C21H24ClFN2O3S/c1-15-18(22)5-3-6-19(15)29(27,28)25-12-4-11-21(2,14-25)20(26)24-13-16-7-9-17(23)10-8-16/h3,5-10H,4,11-14H2,1-2H3,(H,24,26). The molecule has 0 spiro atoms. The molecule has 1 aliphatic heterocycles. The van der Waals surface area contributed by atoms with Crippen molar-refractivity contribution in [3.63, 3.8) is 0 Å². The highest BCUT2D eigenvalue weighted by molar-refractivity contribution is 7.89. The second-order valence-electron chi connectivity index (χ2n) is 7.67. The summed E-state index contributed by atoms with van der Waals surface area (Å²) in [6.07, 6.45) is 1.17. The number of carbonyl (C=O) groups excluding carboxylic acids is 1. The number of nitrogens with one attached hydrogen (secondary N) is 1. The van der Waals surface area contributed by atoms with E-state index in [9.17, 15) is 17.6 Å². The summed E-state index contributed by atoms with van der Waals surface area (Å²) in [6, 6.07) is 10.7. The van der Waals surface area contributed by atoms with Crippen molar-refractivity contribution < 1.29 is 17.6 Å². The summed E-state index contributed by atoms with van der Waals surface area (Å²) < 4.78 is 40.8. The molecule has 1 saturated heterocycles. The Bertz CT molecular complexity index is 1010. The number of hydrogen-bond donors (Lipinski definition) is 1. The van der Waals surface area contributed by atoms with Gasteiger partial charge in [0.1, 0.15) is 5.82 Å². The van der Waals surface area contributed by atoms with Crippen molar-refractivity contribution in [3.05, 3.63) is 64.4 Å². The van der Waals surface area contributed by atoms with E-state index in [2.05, 4.69) is 5.32 Å². The first-order valence-electron chi connectivity index (χ1n) is 9.41. The molecule has 2 aromatic rings. The third-order valence-electron chi connectivity index (χ3n) is 5.41. The molecule has 0 saturated carbocycles. The van der Waals surface area contributed by atoms with Crippen molar-refractivity contribution >= 4 is 27.5 Å². The van der Waals surface area contributed by atoms with E-state index in [1.165, 1.54) is 22.5 Å².